The number of nitrogens with zero attached hydrogens (tertiary/aromatic N) is 1. The molecule has 3 aromatic carbocycles. The lowest BCUT2D eigenvalue weighted by molar-refractivity contribution is -0.154. The summed E-state index contributed by atoms with van der Waals surface area (Å²) in [6.45, 7) is 1.79. The molecule has 31 heavy (non-hydrogen) atoms. The summed E-state index contributed by atoms with van der Waals surface area (Å²) in [5.74, 6) is -2.56. The normalized spacial score (nSPS) is 18.4. The van der Waals surface area contributed by atoms with Gasteiger partial charge in [0, 0.05) is 23.9 Å². The van der Waals surface area contributed by atoms with Crippen LogP contribution in [0.5, 0.6) is 0 Å². The number of rotatable bonds is 6. The van der Waals surface area contributed by atoms with Gasteiger partial charge in [-0.1, -0.05) is 78.9 Å². The molecule has 3 aromatic rings. The number of hydrogen-bond donors (Lipinski definition) is 0. The zero-order chi connectivity index (χ0) is 22.0. The van der Waals surface area contributed by atoms with Crippen LogP contribution >= 0.6 is 0 Å². The third-order valence-electron chi connectivity index (χ3n) is 5.82. The molecule has 5 nitrogen and oxygen atoms in total. The Labute approximate surface area is 181 Å². The van der Waals surface area contributed by atoms with Crippen molar-refractivity contribution in [2.24, 2.45) is 0 Å². The Kier molecular flexibility index (Phi) is 5.42. The lowest BCUT2D eigenvalue weighted by atomic mass is 9.65. The summed E-state index contributed by atoms with van der Waals surface area (Å²) in [6.07, 6.45) is 0. The molecule has 156 valence electrons. The van der Waals surface area contributed by atoms with Gasteiger partial charge in [0.1, 0.15) is 0 Å². The van der Waals surface area contributed by atoms with Crippen LogP contribution in [-0.2, 0) is 19.7 Å². The fourth-order valence-electron chi connectivity index (χ4n) is 4.44. The van der Waals surface area contributed by atoms with E-state index < -0.39 is 23.2 Å². The SMILES string of the molecule is CCOC(=O)[C@@]1(C(C(=O)c2ccccc2)c2ccccc2)C(=O)N(C)c2ccccc21. The molecule has 5 heteroatoms. The van der Waals surface area contributed by atoms with Gasteiger partial charge in [-0.25, -0.2) is 0 Å². The van der Waals surface area contributed by atoms with E-state index in [1.807, 2.05) is 12.1 Å². The summed E-state index contributed by atoms with van der Waals surface area (Å²) in [4.78, 5) is 42.8. The molecule has 0 aromatic heterocycles. The predicted octanol–water partition coefficient (Wildman–Crippen LogP) is 4.13. The van der Waals surface area contributed by atoms with Crippen LogP contribution in [0.15, 0.2) is 84.9 Å². The largest absolute Gasteiger partial charge is 0.465 e. The van der Waals surface area contributed by atoms with E-state index in [-0.39, 0.29) is 12.4 Å². The van der Waals surface area contributed by atoms with Crippen molar-refractivity contribution in [1.29, 1.82) is 0 Å². The van der Waals surface area contributed by atoms with Crippen LogP contribution in [0.1, 0.15) is 34.3 Å². The van der Waals surface area contributed by atoms with E-state index in [2.05, 4.69) is 0 Å². The zero-order valence-electron chi connectivity index (χ0n) is 17.4. The minimum absolute atomic E-state index is 0.0980. The molecule has 1 unspecified atom stereocenters. The number of anilines is 1. The van der Waals surface area contributed by atoms with Crippen LogP contribution in [0.2, 0.25) is 0 Å². The van der Waals surface area contributed by atoms with E-state index in [4.69, 9.17) is 4.74 Å². The number of esters is 1. The van der Waals surface area contributed by atoms with Crippen molar-refractivity contribution in [3.63, 3.8) is 0 Å². The molecular formula is C26H23NO4. The van der Waals surface area contributed by atoms with Crippen LogP contribution in [0.4, 0.5) is 5.69 Å². The van der Waals surface area contributed by atoms with E-state index in [1.54, 1.807) is 86.8 Å². The molecule has 0 bridgehead atoms. The molecule has 0 saturated heterocycles. The van der Waals surface area contributed by atoms with Gasteiger partial charge in [-0.2, -0.15) is 0 Å². The Hall–Kier alpha value is -3.73. The minimum atomic E-state index is -1.81. The number of carbonyl (C=O) groups excluding carboxylic acids is 3. The highest BCUT2D eigenvalue weighted by atomic mass is 16.5. The summed E-state index contributed by atoms with van der Waals surface area (Å²) in [6, 6.07) is 24.8. The number of benzene rings is 3. The third kappa shape index (κ3) is 3.13. The van der Waals surface area contributed by atoms with Gasteiger partial charge in [0.15, 0.2) is 11.2 Å². The summed E-state index contributed by atoms with van der Waals surface area (Å²) in [5.41, 5.74) is 0.291. The van der Waals surface area contributed by atoms with Gasteiger partial charge in [0.2, 0.25) is 5.91 Å². The van der Waals surface area contributed by atoms with Gasteiger partial charge in [-0.3, -0.25) is 14.4 Å². The maximum absolute atomic E-state index is 13.9. The molecule has 0 saturated carbocycles. The van der Waals surface area contributed by atoms with Crippen molar-refractivity contribution < 1.29 is 19.1 Å². The quantitative estimate of drug-likeness (QED) is 0.346. The number of likely N-dealkylation sites (N-methyl/N-ethyl adjacent to an activating group) is 1. The highest BCUT2D eigenvalue weighted by Crippen LogP contribution is 2.51. The highest BCUT2D eigenvalue weighted by molar-refractivity contribution is 6.25. The summed E-state index contributed by atoms with van der Waals surface area (Å²) < 4.78 is 5.45. The third-order valence-corrected chi connectivity index (χ3v) is 5.82. The number of ether oxygens (including phenoxy) is 1. The lowest BCUT2D eigenvalue weighted by Gasteiger charge is -2.33. The van der Waals surface area contributed by atoms with Crippen LogP contribution in [0.3, 0.4) is 0 Å². The molecule has 1 heterocycles. The van der Waals surface area contributed by atoms with Crippen LogP contribution in [-0.4, -0.2) is 31.3 Å². The Morgan fingerprint density at radius 1 is 0.903 bits per heavy atom. The maximum atomic E-state index is 13.9. The number of carbonyl (C=O) groups is 3. The van der Waals surface area contributed by atoms with E-state index in [0.717, 1.165) is 0 Å². The maximum Gasteiger partial charge on any atom is 0.327 e. The van der Waals surface area contributed by atoms with Crippen LogP contribution in [0.25, 0.3) is 0 Å². The Morgan fingerprint density at radius 2 is 1.48 bits per heavy atom. The average molecular weight is 413 g/mol. The van der Waals surface area contributed by atoms with Gasteiger partial charge in [0.25, 0.3) is 0 Å². The number of amides is 1. The smallest absolute Gasteiger partial charge is 0.327 e. The number of Topliss-reactive ketones (excluding diaryl/α,β-unsaturated/α-hetero) is 1. The monoisotopic (exact) mass is 413 g/mol. The van der Waals surface area contributed by atoms with Gasteiger partial charge in [-0.05, 0) is 18.6 Å². The van der Waals surface area contributed by atoms with Gasteiger partial charge in [0.05, 0.1) is 12.5 Å². The summed E-state index contributed by atoms with van der Waals surface area (Å²) in [5, 5.41) is 0. The molecule has 0 radical (unpaired) electrons. The van der Waals surface area contributed by atoms with E-state index in [1.165, 1.54) is 4.90 Å². The standard InChI is InChI=1S/C26H23NO4/c1-3-31-25(30)26(20-16-10-11-17-21(20)27(2)24(26)29)22(18-12-6-4-7-13-18)23(28)19-14-8-5-9-15-19/h4-17,22H,3H2,1-2H3/t22?,26-/m0/s1. The second kappa shape index (κ2) is 8.19. The second-order valence-electron chi connectivity index (χ2n) is 7.48. The molecule has 4 rings (SSSR count). The van der Waals surface area contributed by atoms with Crippen molar-refractivity contribution in [3.8, 4) is 0 Å². The topological polar surface area (TPSA) is 63.7 Å². The van der Waals surface area contributed by atoms with E-state index in [9.17, 15) is 14.4 Å². The van der Waals surface area contributed by atoms with E-state index in [0.29, 0.717) is 22.4 Å². The second-order valence-corrected chi connectivity index (χ2v) is 7.48. The summed E-state index contributed by atoms with van der Waals surface area (Å²) >= 11 is 0. The number of hydrogen-bond acceptors (Lipinski definition) is 4. The van der Waals surface area contributed by atoms with E-state index >= 15 is 0 Å². The van der Waals surface area contributed by atoms with Crippen molar-refractivity contribution in [1.82, 2.24) is 0 Å². The van der Waals surface area contributed by atoms with Crippen molar-refractivity contribution in [3.05, 3.63) is 102 Å². The molecule has 1 amide bonds. The molecule has 0 aliphatic carbocycles. The minimum Gasteiger partial charge on any atom is -0.465 e. The number of fused-ring (bicyclic) bond motifs is 1. The number of ketones is 1. The molecular weight excluding hydrogens is 390 g/mol. The fraction of sp³-hybridized carbons (Fsp3) is 0.192. The summed E-state index contributed by atoms with van der Waals surface area (Å²) in [7, 11) is 1.62. The fourth-order valence-corrected chi connectivity index (χ4v) is 4.44. The van der Waals surface area contributed by atoms with Gasteiger partial charge in [-0.15, -0.1) is 0 Å². The first-order chi connectivity index (χ1) is 15.0. The van der Waals surface area contributed by atoms with Crippen LogP contribution in [0, 0.1) is 0 Å². The van der Waals surface area contributed by atoms with Crippen molar-refractivity contribution in [2.75, 3.05) is 18.6 Å². The zero-order valence-corrected chi connectivity index (χ0v) is 17.4. The highest BCUT2D eigenvalue weighted by Gasteiger charge is 2.63. The Morgan fingerprint density at radius 3 is 2.13 bits per heavy atom. The molecule has 0 spiro atoms. The molecule has 0 fully saturated rings. The first kappa shape index (κ1) is 20.5. The molecule has 0 N–H and O–H groups in total. The van der Waals surface area contributed by atoms with Gasteiger partial charge >= 0.3 is 5.97 Å². The Bertz CT molecular complexity index is 1130. The first-order valence-electron chi connectivity index (χ1n) is 10.2. The van der Waals surface area contributed by atoms with Gasteiger partial charge < -0.3 is 9.64 Å². The molecule has 1 aliphatic rings. The average Bonchev–Trinajstić information content (AvgIpc) is 3.04. The molecule has 1 aliphatic heterocycles. The van der Waals surface area contributed by atoms with Crippen molar-refractivity contribution >= 4 is 23.3 Å². The lowest BCUT2D eigenvalue weighted by Crippen LogP contribution is -2.52. The number of para-hydroxylation sites is 1. The first-order valence-corrected chi connectivity index (χ1v) is 10.2. The van der Waals surface area contributed by atoms with Crippen LogP contribution < -0.4 is 4.90 Å². The predicted molar refractivity (Wildman–Crippen MR) is 118 cm³/mol. The Balaban J connectivity index is 2.05. The molecule has 2 atom stereocenters. The van der Waals surface area contributed by atoms with Crippen molar-refractivity contribution in [2.45, 2.75) is 18.3 Å².